The van der Waals surface area contributed by atoms with Crippen LogP contribution in [0.15, 0.2) is 180 Å². The van der Waals surface area contributed by atoms with Crippen molar-refractivity contribution in [2.24, 2.45) is 0 Å². The molecule has 0 spiro atoms. The molecule has 0 amide bonds. The molecule has 0 aliphatic carbocycles. The van der Waals surface area contributed by atoms with Crippen LogP contribution in [0.25, 0.3) is 65.7 Å². The molecule has 2 heteroatoms. The topological polar surface area (TPSA) is 16.4 Å². The average molecular weight is 588 g/mol. The molecule has 0 fully saturated rings. The van der Waals surface area contributed by atoms with Crippen LogP contribution in [0.5, 0.6) is 0 Å². The molecular formula is C44H29NO. The Morgan fingerprint density at radius 2 is 0.913 bits per heavy atom. The van der Waals surface area contributed by atoms with Crippen molar-refractivity contribution in [3.63, 3.8) is 0 Å². The van der Waals surface area contributed by atoms with Crippen LogP contribution in [0.4, 0.5) is 17.1 Å². The third-order valence-corrected chi connectivity index (χ3v) is 9.03. The summed E-state index contributed by atoms with van der Waals surface area (Å²) in [6.45, 7) is 0. The third kappa shape index (κ3) is 4.43. The lowest BCUT2D eigenvalue weighted by Crippen LogP contribution is -2.09. The predicted molar refractivity (Wildman–Crippen MR) is 194 cm³/mol. The smallest absolute Gasteiger partial charge is 0.136 e. The lowest BCUT2D eigenvalue weighted by atomic mass is 9.93. The second kappa shape index (κ2) is 10.8. The number of nitrogens with zero attached hydrogens (tertiary/aromatic N) is 1. The van der Waals surface area contributed by atoms with Gasteiger partial charge < -0.3 is 9.32 Å². The molecule has 0 bridgehead atoms. The Morgan fingerprint density at radius 1 is 0.348 bits per heavy atom. The second-order valence-electron chi connectivity index (χ2n) is 11.8. The molecule has 9 rings (SSSR count). The first-order valence-electron chi connectivity index (χ1n) is 15.7. The summed E-state index contributed by atoms with van der Waals surface area (Å²) in [4.78, 5) is 2.34. The highest BCUT2D eigenvalue weighted by atomic mass is 16.3. The predicted octanol–water partition coefficient (Wildman–Crippen LogP) is 12.7. The van der Waals surface area contributed by atoms with Gasteiger partial charge in [0, 0.05) is 33.4 Å². The molecule has 216 valence electrons. The van der Waals surface area contributed by atoms with Gasteiger partial charge in [-0.1, -0.05) is 127 Å². The van der Waals surface area contributed by atoms with Crippen molar-refractivity contribution in [1.82, 2.24) is 0 Å². The Hall–Kier alpha value is -6.12. The quantitative estimate of drug-likeness (QED) is 0.199. The third-order valence-electron chi connectivity index (χ3n) is 9.03. The molecule has 0 unspecified atom stereocenters. The van der Waals surface area contributed by atoms with E-state index < -0.39 is 0 Å². The summed E-state index contributed by atoms with van der Waals surface area (Å²) in [5.74, 6) is 0. The summed E-state index contributed by atoms with van der Waals surface area (Å²) in [7, 11) is 0. The van der Waals surface area contributed by atoms with Crippen LogP contribution in [0, 0.1) is 0 Å². The monoisotopic (exact) mass is 587 g/mol. The van der Waals surface area contributed by atoms with Gasteiger partial charge >= 0.3 is 0 Å². The molecule has 1 heterocycles. The zero-order chi connectivity index (χ0) is 30.5. The van der Waals surface area contributed by atoms with Crippen molar-refractivity contribution in [2.75, 3.05) is 4.90 Å². The number of hydrogen-bond acceptors (Lipinski definition) is 2. The largest absolute Gasteiger partial charge is 0.456 e. The molecule has 1 aromatic heterocycles. The Labute approximate surface area is 267 Å². The lowest BCUT2D eigenvalue weighted by molar-refractivity contribution is 0.669. The van der Waals surface area contributed by atoms with Crippen LogP contribution < -0.4 is 4.90 Å². The number of hydrogen-bond donors (Lipinski definition) is 0. The Bertz CT molecular complexity index is 2510. The first-order valence-corrected chi connectivity index (χ1v) is 15.7. The van der Waals surface area contributed by atoms with Crippen LogP contribution >= 0.6 is 0 Å². The van der Waals surface area contributed by atoms with Gasteiger partial charge in [-0.15, -0.1) is 0 Å². The first kappa shape index (κ1) is 26.3. The summed E-state index contributed by atoms with van der Waals surface area (Å²) in [5.41, 5.74) is 9.92. The maximum absolute atomic E-state index is 6.37. The van der Waals surface area contributed by atoms with Gasteiger partial charge in [0.15, 0.2) is 0 Å². The fraction of sp³-hybridized carbons (Fsp3) is 0. The molecule has 9 aromatic rings. The number of rotatable bonds is 5. The molecule has 0 radical (unpaired) electrons. The van der Waals surface area contributed by atoms with E-state index in [4.69, 9.17) is 4.42 Å². The SMILES string of the molecule is c1ccc(-c2ccc(N(c3ccc(-c4c5ccccc5cc5oc6ccccc6c45)cc3)c3ccc4ccccc4c3)cc2)cc1. The van der Waals surface area contributed by atoms with Gasteiger partial charge in [0.1, 0.15) is 11.2 Å². The maximum Gasteiger partial charge on any atom is 0.136 e. The van der Waals surface area contributed by atoms with Crippen molar-refractivity contribution >= 4 is 60.5 Å². The number of fused-ring (bicyclic) bond motifs is 5. The molecule has 2 nitrogen and oxygen atoms in total. The van der Waals surface area contributed by atoms with Gasteiger partial charge in [-0.2, -0.15) is 0 Å². The molecule has 0 atom stereocenters. The van der Waals surface area contributed by atoms with E-state index in [9.17, 15) is 0 Å². The highest BCUT2D eigenvalue weighted by Gasteiger charge is 2.18. The van der Waals surface area contributed by atoms with Gasteiger partial charge in [-0.25, -0.2) is 0 Å². The molecule has 0 N–H and O–H groups in total. The second-order valence-corrected chi connectivity index (χ2v) is 11.8. The normalized spacial score (nSPS) is 11.5. The average Bonchev–Trinajstić information content (AvgIpc) is 3.50. The number of benzene rings is 8. The van der Waals surface area contributed by atoms with Crippen molar-refractivity contribution in [3.8, 4) is 22.3 Å². The molecule has 0 aliphatic heterocycles. The minimum atomic E-state index is 0.909. The highest BCUT2D eigenvalue weighted by Crippen LogP contribution is 2.43. The summed E-state index contributed by atoms with van der Waals surface area (Å²) >= 11 is 0. The lowest BCUT2D eigenvalue weighted by Gasteiger charge is -2.26. The van der Waals surface area contributed by atoms with Gasteiger partial charge in [0.25, 0.3) is 0 Å². The minimum Gasteiger partial charge on any atom is -0.456 e. The van der Waals surface area contributed by atoms with Crippen LogP contribution in [-0.4, -0.2) is 0 Å². The zero-order valence-electron chi connectivity index (χ0n) is 25.1. The summed E-state index contributed by atoms with van der Waals surface area (Å²) < 4.78 is 6.37. The number of furan rings is 1. The van der Waals surface area contributed by atoms with E-state index in [1.165, 1.54) is 38.2 Å². The van der Waals surface area contributed by atoms with Gasteiger partial charge in [-0.3, -0.25) is 0 Å². The van der Waals surface area contributed by atoms with Gasteiger partial charge in [0.05, 0.1) is 0 Å². The Kier molecular flexibility index (Phi) is 6.17. The first-order chi connectivity index (χ1) is 22.8. The van der Waals surface area contributed by atoms with E-state index in [0.29, 0.717) is 0 Å². The molecule has 8 aromatic carbocycles. The van der Waals surface area contributed by atoms with Crippen molar-refractivity contribution in [1.29, 1.82) is 0 Å². The molecule has 0 saturated carbocycles. The fourth-order valence-electron chi connectivity index (χ4n) is 6.82. The van der Waals surface area contributed by atoms with E-state index in [2.05, 4.69) is 175 Å². The molecule has 46 heavy (non-hydrogen) atoms. The van der Waals surface area contributed by atoms with E-state index in [-0.39, 0.29) is 0 Å². The molecule has 0 saturated heterocycles. The van der Waals surface area contributed by atoms with E-state index in [1.807, 2.05) is 6.07 Å². The molecular weight excluding hydrogens is 558 g/mol. The molecule has 0 aliphatic rings. The summed E-state index contributed by atoms with van der Waals surface area (Å²) in [5, 5.41) is 7.13. The Morgan fingerprint density at radius 3 is 1.67 bits per heavy atom. The highest BCUT2D eigenvalue weighted by molar-refractivity contribution is 6.20. The van der Waals surface area contributed by atoms with E-state index in [0.717, 1.165) is 44.6 Å². The van der Waals surface area contributed by atoms with Crippen LogP contribution in [-0.2, 0) is 0 Å². The Balaban J connectivity index is 1.21. The van der Waals surface area contributed by atoms with E-state index >= 15 is 0 Å². The van der Waals surface area contributed by atoms with Crippen molar-refractivity contribution < 1.29 is 4.42 Å². The summed E-state index contributed by atoms with van der Waals surface area (Å²) in [6, 6.07) is 62.7. The standard InChI is InChI=1S/C44H29NO/c1-2-10-30(11-3-1)32-18-23-36(24-19-32)45(38-27-20-31-12-4-5-13-34(31)28-38)37-25-21-33(22-26-37)43-39-15-7-6-14-35(39)29-42-44(43)40-16-8-9-17-41(40)46-42/h1-29H. The minimum absolute atomic E-state index is 0.909. The van der Waals surface area contributed by atoms with Gasteiger partial charge in [-0.05, 0) is 86.8 Å². The van der Waals surface area contributed by atoms with Gasteiger partial charge in [0.2, 0.25) is 0 Å². The van der Waals surface area contributed by atoms with Crippen LogP contribution in [0.3, 0.4) is 0 Å². The van der Waals surface area contributed by atoms with Crippen LogP contribution in [0.1, 0.15) is 0 Å². The number of anilines is 3. The number of para-hydroxylation sites is 1. The maximum atomic E-state index is 6.37. The summed E-state index contributed by atoms with van der Waals surface area (Å²) in [6.07, 6.45) is 0. The zero-order valence-corrected chi connectivity index (χ0v) is 25.1. The van der Waals surface area contributed by atoms with Crippen molar-refractivity contribution in [2.45, 2.75) is 0 Å². The van der Waals surface area contributed by atoms with Crippen LogP contribution in [0.2, 0.25) is 0 Å². The fourth-order valence-corrected chi connectivity index (χ4v) is 6.82. The van der Waals surface area contributed by atoms with Crippen molar-refractivity contribution in [3.05, 3.63) is 176 Å². The van der Waals surface area contributed by atoms with E-state index in [1.54, 1.807) is 0 Å².